The highest BCUT2D eigenvalue weighted by molar-refractivity contribution is 5.98. The van der Waals surface area contributed by atoms with E-state index in [1.807, 2.05) is 24.3 Å². The summed E-state index contributed by atoms with van der Waals surface area (Å²) >= 11 is 0. The third-order valence-corrected chi connectivity index (χ3v) is 3.21. The number of amides is 1. The Morgan fingerprint density at radius 3 is 2.84 bits per heavy atom. The molecule has 100 valence electrons. The van der Waals surface area contributed by atoms with Crippen LogP contribution in [0.4, 0.5) is 0 Å². The van der Waals surface area contributed by atoms with Crippen LogP contribution in [0.2, 0.25) is 0 Å². The predicted molar refractivity (Wildman–Crippen MR) is 77.9 cm³/mol. The highest BCUT2D eigenvalue weighted by Gasteiger charge is 2.15. The van der Waals surface area contributed by atoms with Crippen LogP contribution in [0, 0.1) is 5.41 Å². The highest BCUT2D eigenvalue weighted by Crippen LogP contribution is 2.22. The van der Waals surface area contributed by atoms with Gasteiger partial charge >= 0.3 is 0 Å². The van der Waals surface area contributed by atoms with E-state index in [4.69, 9.17) is 5.73 Å². The molecule has 2 aliphatic rings. The minimum atomic E-state index is -0.141. The van der Waals surface area contributed by atoms with E-state index in [1.165, 1.54) is 0 Å². The van der Waals surface area contributed by atoms with E-state index in [0.717, 1.165) is 18.5 Å². The van der Waals surface area contributed by atoms with E-state index in [2.05, 4.69) is 31.3 Å². The van der Waals surface area contributed by atoms with Crippen molar-refractivity contribution in [1.82, 2.24) is 5.32 Å². The first-order valence-corrected chi connectivity index (χ1v) is 6.53. The Kier molecular flexibility index (Phi) is 3.74. The molecule has 0 unspecified atom stereocenters. The summed E-state index contributed by atoms with van der Waals surface area (Å²) in [4.78, 5) is 12.2. The van der Waals surface area contributed by atoms with Crippen molar-refractivity contribution in [3.8, 4) is 0 Å². The van der Waals surface area contributed by atoms with Crippen LogP contribution in [-0.2, 0) is 4.79 Å². The molecule has 2 rings (SSSR count). The summed E-state index contributed by atoms with van der Waals surface area (Å²) in [5.41, 5.74) is 7.90. The Balaban J connectivity index is 2.11. The molecule has 0 aromatic carbocycles. The van der Waals surface area contributed by atoms with Gasteiger partial charge in [-0.25, -0.2) is 0 Å². The summed E-state index contributed by atoms with van der Waals surface area (Å²) in [6, 6.07) is 0. The number of hydrogen-bond acceptors (Lipinski definition) is 2. The summed E-state index contributed by atoms with van der Waals surface area (Å²) in [6.07, 6.45) is 15.4. The second-order valence-corrected chi connectivity index (χ2v) is 5.47. The zero-order valence-corrected chi connectivity index (χ0v) is 11.4. The molecule has 0 radical (unpaired) electrons. The van der Waals surface area contributed by atoms with E-state index in [9.17, 15) is 4.79 Å². The van der Waals surface area contributed by atoms with Gasteiger partial charge in [0, 0.05) is 16.8 Å². The first kappa shape index (κ1) is 13.4. The van der Waals surface area contributed by atoms with Gasteiger partial charge in [-0.3, -0.25) is 4.79 Å². The normalized spacial score (nSPS) is 21.1. The Morgan fingerprint density at radius 2 is 2.11 bits per heavy atom. The van der Waals surface area contributed by atoms with Gasteiger partial charge in [0.05, 0.1) is 5.57 Å². The monoisotopic (exact) mass is 256 g/mol. The number of nitrogens with two attached hydrogens (primary N) is 1. The van der Waals surface area contributed by atoms with Crippen molar-refractivity contribution < 1.29 is 4.79 Å². The van der Waals surface area contributed by atoms with Crippen molar-refractivity contribution in [3.05, 3.63) is 59.5 Å². The molecule has 2 aliphatic carbocycles. The molecule has 0 aromatic heterocycles. The quantitative estimate of drug-likeness (QED) is 0.798. The fraction of sp³-hybridized carbons (Fsp3) is 0.312. The van der Waals surface area contributed by atoms with Crippen LogP contribution in [-0.4, -0.2) is 5.91 Å². The van der Waals surface area contributed by atoms with Gasteiger partial charge in [0.25, 0.3) is 5.91 Å². The Bertz CT molecular complexity index is 531. The molecule has 0 aliphatic heterocycles. The largest absolute Gasteiger partial charge is 0.401 e. The highest BCUT2D eigenvalue weighted by atomic mass is 16.1. The van der Waals surface area contributed by atoms with Gasteiger partial charge in [0.1, 0.15) is 0 Å². The van der Waals surface area contributed by atoms with Crippen LogP contribution in [0.1, 0.15) is 26.7 Å². The van der Waals surface area contributed by atoms with Gasteiger partial charge in [-0.15, -0.1) is 0 Å². The van der Waals surface area contributed by atoms with Crippen molar-refractivity contribution in [2.75, 3.05) is 0 Å². The topological polar surface area (TPSA) is 55.1 Å². The van der Waals surface area contributed by atoms with E-state index >= 15 is 0 Å². The van der Waals surface area contributed by atoms with Gasteiger partial charge in [-0.05, 0) is 25.0 Å². The number of carbonyl (C=O) groups is 1. The Morgan fingerprint density at radius 1 is 1.32 bits per heavy atom. The standard InChI is InChI=1S/C16H20N2O/c1-16(2)10-5-6-12(9-11-16)18-15(19)13-7-3-4-8-14(13)17/h3,5-7,9-11H,4,8,17H2,1-2H3,(H,18,19). The maximum Gasteiger partial charge on any atom is 0.257 e. The average molecular weight is 256 g/mol. The van der Waals surface area contributed by atoms with Gasteiger partial charge in [-0.1, -0.05) is 44.2 Å². The molecule has 0 atom stereocenters. The SMILES string of the molecule is CC1(C)C=CC=C(NC(=O)C2=C(N)CCC=C2)C=C1. The fourth-order valence-electron chi connectivity index (χ4n) is 2.00. The average Bonchev–Trinajstić information content (AvgIpc) is 2.51. The first-order chi connectivity index (χ1) is 8.98. The maximum atomic E-state index is 12.2. The summed E-state index contributed by atoms with van der Waals surface area (Å²) in [5.74, 6) is -0.141. The van der Waals surface area contributed by atoms with Gasteiger partial charge in [0.2, 0.25) is 0 Å². The number of hydrogen-bond donors (Lipinski definition) is 2. The molecule has 1 amide bonds. The first-order valence-electron chi connectivity index (χ1n) is 6.53. The molecule has 0 spiro atoms. The Labute approximate surface area is 114 Å². The summed E-state index contributed by atoms with van der Waals surface area (Å²) in [7, 11) is 0. The van der Waals surface area contributed by atoms with Crippen molar-refractivity contribution in [2.45, 2.75) is 26.7 Å². The molecular formula is C16H20N2O. The molecule has 0 saturated heterocycles. The van der Waals surface area contributed by atoms with Crippen molar-refractivity contribution >= 4 is 5.91 Å². The lowest BCUT2D eigenvalue weighted by molar-refractivity contribution is -0.116. The lowest BCUT2D eigenvalue weighted by atomic mass is 9.93. The van der Waals surface area contributed by atoms with Crippen molar-refractivity contribution in [3.63, 3.8) is 0 Å². The third-order valence-electron chi connectivity index (χ3n) is 3.21. The van der Waals surface area contributed by atoms with Crippen LogP contribution < -0.4 is 11.1 Å². The molecule has 19 heavy (non-hydrogen) atoms. The summed E-state index contributed by atoms with van der Waals surface area (Å²) < 4.78 is 0. The Hall–Kier alpha value is -2.03. The van der Waals surface area contributed by atoms with Crippen LogP contribution in [0.25, 0.3) is 0 Å². The third kappa shape index (κ3) is 3.47. The maximum absolute atomic E-state index is 12.2. The number of rotatable bonds is 2. The predicted octanol–water partition coefficient (Wildman–Crippen LogP) is 2.70. The molecule has 0 aromatic rings. The van der Waals surface area contributed by atoms with Crippen LogP contribution in [0.3, 0.4) is 0 Å². The van der Waals surface area contributed by atoms with Gasteiger partial charge in [-0.2, -0.15) is 0 Å². The van der Waals surface area contributed by atoms with Gasteiger partial charge < -0.3 is 11.1 Å². The smallest absolute Gasteiger partial charge is 0.257 e. The number of nitrogens with one attached hydrogen (secondary N) is 1. The molecule has 0 bridgehead atoms. The number of carbonyl (C=O) groups excluding carboxylic acids is 1. The van der Waals surface area contributed by atoms with E-state index in [-0.39, 0.29) is 11.3 Å². The zero-order valence-electron chi connectivity index (χ0n) is 11.4. The second-order valence-electron chi connectivity index (χ2n) is 5.47. The van der Waals surface area contributed by atoms with Crippen molar-refractivity contribution in [1.29, 1.82) is 0 Å². The van der Waals surface area contributed by atoms with Crippen LogP contribution in [0.15, 0.2) is 59.5 Å². The fourth-order valence-corrected chi connectivity index (χ4v) is 2.00. The van der Waals surface area contributed by atoms with E-state index < -0.39 is 0 Å². The lowest BCUT2D eigenvalue weighted by Crippen LogP contribution is -2.26. The van der Waals surface area contributed by atoms with Crippen LogP contribution >= 0.6 is 0 Å². The summed E-state index contributed by atoms with van der Waals surface area (Å²) in [6.45, 7) is 4.23. The van der Waals surface area contributed by atoms with Gasteiger partial charge in [0.15, 0.2) is 0 Å². The minimum absolute atomic E-state index is 0.00597. The zero-order chi connectivity index (χ0) is 13.9. The molecule has 3 heteroatoms. The molecule has 0 saturated carbocycles. The van der Waals surface area contributed by atoms with E-state index in [0.29, 0.717) is 11.3 Å². The molecule has 0 heterocycles. The molecular weight excluding hydrogens is 236 g/mol. The second kappa shape index (κ2) is 5.31. The summed E-state index contributed by atoms with van der Waals surface area (Å²) in [5, 5.41) is 2.89. The van der Waals surface area contributed by atoms with Crippen LogP contribution in [0.5, 0.6) is 0 Å². The van der Waals surface area contributed by atoms with Crippen molar-refractivity contribution in [2.24, 2.45) is 11.1 Å². The molecule has 0 fully saturated rings. The lowest BCUT2D eigenvalue weighted by Gasteiger charge is -2.14. The minimum Gasteiger partial charge on any atom is -0.401 e. The number of allylic oxidation sites excluding steroid dienone is 7. The molecule has 3 N–H and O–H groups in total. The molecule has 3 nitrogen and oxygen atoms in total. The van der Waals surface area contributed by atoms with E-state index in [1.54, 1.807) is 6.08 Å².